The molecule has 0 amide bonds. The van der Waals surface area contributed by atoms with E-state index in [4.69, 9.17) is 9.47 Å². The molecule has 0 aliphatic heterocycles. The van der Waals surface area contributed by atoms with Crippen LogP contribution in [0.5, 0.6) is 11.5 Å². The Balaban J connectivity index is 2.57. The first kappa shape index (κ1) is 13.7. The molecule has 0 fully saturated rings. The third-order valence-corrected chi connectivity index (χ3v) is 2.77. The fraction of sp³-hybridized carbons (Fsp3) is 0.364. The molecule has 0 aliphatic rings. The molecule has 0 aliphatic carbocycles. The van der Waals surface area contributed by atoms with E-state index in [-0.39, 0.29) is 12.5 Å². The predicted octanol–water partition coefficient (Wildman–Crippen LogP) is 1.47. The summed E-state index contributed by atoms with van der Waals surface area (Å²) in [6.45, 7) is 0.148. The van der Waals surface area contributed by atoms with E-state index in [1.165, 1.54) is 19.1 Å². The number of ether oxygens (including phenoxy) is 3. The standard InChI is InChI=1S/C11H15NO4S/c1-14-9-5-4-8(6-10(9)15-2)17-12-7-11(13)16-3/h4-6,12H,7H2,1-3H3. The lowest BCUT2D eigenvalue weighted by Gasteiger charge is -2.09. The van der Waals surface area contributed by atoms with Gasteiger partial charge in [-0.3, -0.25) is 4.79 Å². The van der Waals surface area contributed by atoms with Gasteiger partial charge in [-0.1, -0.05) is 0 Å². The Labute approximate surface area is 105 Å². The molecule has 1 aromatic carbocycles. The molecule has 0 bridgehead atoms. The van der Waals surface area contributed by atoms with E-state index in [0.717, 1.165) is 4.90 Å². The molecular formula is C11H15NO4S. The molecule has 0 atom stereocenters. The average Bonchev–Trinajstić information content (AvgIpc) is 2.38. The zero-order chi connectivity index (χ0) is 12.7. The molecule has 94 valence electrons. The first-order valence-electron chi connectivity index (χ1n) is 4.89. The van der Waals surface area contributed by atoms with Gasteiger partial charge in [0.25, 0.3) is 0 Å². The smallest absolute Gasteiger partial charge is 0.320 e. The summed E-state index contributed by atoms with van der Waals surface area (Å²) in [4.78, 5) is 11.8. The summed E-state index contributed by atoms with van der Waals surface area (Å²) in [6, 6.07) is 5.51. The Kier molecular flexibility index (Phi) is 5.65. The molecule has 1 rings (SSSR count). The van der Waals surface area contributed by atoms with E-state index in [1.54, 1.807) is 20.3 Å². The number of esters is 1. The van der Waals surface area contributed by atoms with E-state index >= 15 is 0 Å². The summed E-state index contributed by atoms with van der Waals surface area (Å²) >= 11 is 1.33. The zero-order valence-corrected chi connectivity index (χ0v) is 10.8. The highest BCUT2D eigenvalue weighted by Crippen LogP contribution is 2.30. The quantitative estimate of drug-likeness (QED) is 0.615. The van der Waals surface area contributed by atoms with Crippen LogP contribution in [0.2, 0.25) is 0 Å². The third-order valence-electron chi connectivity index (χ3n) is 1.99. The number of methoxy groups -OCH3 is 3. The van der Waals surface area contributed by atoms with Gasteiger partial charge in [0, 0.05) is 4.90 Å². The van der Waals surface area contributed by atoms with Crippen molar-refractivity contribution in [3.63, 3.8) is 0 Å². The highest BCUT2D eigenvalue weighted by atomic mass is 32.2. The number of hydrogen-bond donors (Lipinski definition) is 1. The first-order valence-corrected chi connectivity index (χ1v) is 5.71. The van der Waals surface area contributed by atoms with Crippen molar-refractivity contribution in [2.45, 2.75) is 4.90 Å². The van der Waals surface area contributed by atoms with Crippen molar-refractivity contribution in [1.82, 2.24) is 4.72 Å². The second-order valence-electron chi connectivity index (χ2n) is 3.02. The number of benzene rings is 1. The fourth-order valence-electron chi connectivity index (χ4n) is 1.13. The first-order chi connectivity index (χ1) is 8.21. The Morgan fingerprint density at radius 3 is 2.53 bits per heavy atom. The second-order valence-corrected chi connectivity index (χ2v) is 3.98. The summed E-state index contributed by atoms with van der Waals surface area (Å²) in [5, 5.41) is 0. The number of carbonyl (C=O) groups excluding carboxylic acids is 1. The van der Waals surface area contributed by atoms with Crippen molar-refractivity contribution in [3.8, 4) is 11.5 Å². The van der Waals surface area contributed by atoms with E-state index in [2.05, 4.69) is 9.46 Å². The summed E-state index contributed by atoms with van der Waals surface area (Å²) in [6.07, 6.45) is 0. The monoisotopic (exact) mass is 257 g/mol. The minimum absolute atomic E-state index is 0.148. The lowest BCUT2D eigenvalue weighted by atomic mass is 10.3. The van der Waals surface area contributed by atoms with Crippen LogP contribution < -0.4 is 14.2 Å². The maximum atomic E-state index is 10.9. The lowest BCUT2D eigenvalue weighted by Crippen LogP contribution is -2.17. The van der Waals surface area contributed by atoms with E-state index in [9.17, 15) is 4.79 Å². The number of rotatable bonds is 6. The average molecular weight is 257 g/mol. The Morgan fingerprint density at radius 1 is 1.24 bits per heavy atom. The molecule has 0 saturated heterocycles. The van der Waals surface area contributed by atoms with E-state index in [1.807, 2.05) is 12.1 Å². The molecule has 1 N–H and O–H groups in total. The van der Waals surface area contributed by atoms with Crippen LogP contribution in [0, 0.1) is 0 Å². The molecule has 0 aromatic heterocycles. The highest BCUT2D eigenvalue weighted by Gasteiger charge is 2.05. The Bertz CT molecular complexity index is 384. The van der Waals surface area contributed by atoms with Gasteiger partial charge in [0.2, 0.25) is 0 Å². The van der Waals surface area contributed by atoms with Crippen molar-refractivity contribution in [2.75, 3.05) is 27.9 Å². The van der Waals surface area contributed by atoms with Crippen LogP contribution in [0.4, 0.5) is 0 Å². The molecule has 17 heavy (non-hydrogen) atoms. The van der Waals surface area contributed by atoms with Gasteiger partial charge in [-0.2, -0.15) is 0 Å². The van der Waals surface area contributed by atoms with Crippen LogP contribution in [0.3, 0.4) is 0 Å². The normalized spacial score (nSPS) is 9.82. The topological polar surface area (TPSA) is 56.8 Å². The van der Waals surface area contributed by atoms with Crippen molar-refractivity contribution in [1.29, 1.82) is 0 Å². The van der Waals surface area contributed by atoms with Crippen LogP contribution in [0.15, 0.2) is 23.1 Å². The minimum Gasteiger partial charge on any atom is -0.493 e. The number of carbonyl (C=O) groups is 1. The van der Waals surface area contributed by atoms with E-state index in [0.29, 0.717) is 11.5 Å². The van der Waals surface area contributed by atoms with Gasteiger partial charge in [0.15, 0.2) is 11.5 Å². The zero-order valence-electron chi connectivity index (χ0n) is 9.98. The predicted molar refractivity (Wildman–Crippen MR) is 65.4 cm³/mol. The van der Waals surface area contributed by atoms with Crippen LogP contribution >= 0.6 is 11.9 Å². The summed E-state index contributed by atoms with van der Waals surface area (Å²) in [7, 11) is 4.51. The fourth-order valence-corrected chi connectivity index (χ4v) is 1.79. The Hall–Kier alpha value is -1.40. The second kappa shape index (κ2) is 7.03. The van der Waals surface area contributed by atoms with Gasteiger partial charge in [0.05, 0.1) is 21.3 Å². The van der Waals surface area contributed by atoms with Crippen molar-refractivity contribution >= 4 is 17.9 Å². The van der Waals surface area contributed by atoms with Gasteiger partial charge >= 0.3 is 5.97 Å². The molecule has 0 unspecified atom stereocenters. The van der Waals surface area contributed by atoms with Gasteiger partial charge in [-0.05, 0) is 30.1 Å². The minimum atomic E-state index is -0.307. The van der Waals surface area contributed by atoms with E-state index < -0.39 is 0 Å². The molecule has 1 aromatic rings. The maximum absolute atomic E-state index is 10.9. The SMILES string of the molecule is COC(=O)CNSc1ccc(OC)c(OC)c1. The molecule has 0 spiro atoms. The molecule has 0 heterocycles. The van der Waals surface area contributed by atoms with Crippen LogP contribution in [-0.4, -0.2) is 33.8 Å². The van der Waals surface area contributed by atoms with Gasteiger partial charge < -0.3 is 14.2 Å². The van der Waals surface area contributed by atoms with Gasteiger partial charge in [0.1, 0.15) is 6.54 Å². The van der Waals surface area contributed by atoms with Crippen molar-refractivity contribution < 1.29 is 19.0 Å². The van der Waals surface area contributed by atoms with Crippen LogP contribution in [0.1, 0.15) is 0 Å². The molecular weight excluding hydrogens is 242 g/mol. The molecule has 0 saturated carbocycles. The van der Waals surface area contributed by atoms with Crippen molar-refractivity contribution in [2.24, 2.45) is 0 Å². The van der Waals surface area contributed by atoms with Gasteiger partial charge in [-0.15, -0.1) is 0 Å². The lowest BCUT2D eigenvalue weighted by molar-refractivity contribution is -0.139. The van der Waals surface area contributed by atoms with Crippen LogP contribution in [0.25, 0.3) is 0 Å². The maximum Gasteiger partial charge on any atom is 0.320 e. The summed E-state index contributed by atoms with van der Waals surface area (Å²) in [5.74, 6) is 1.01. The Morgan fingerprint density at radius 2 is 1.94 bits per heavy atom. The third kappa shape index (κ3) is 4.16. The number of hydrogen-bond acceptors (Lipinski definition) is 6. The van der Waals surface area contributed by atoms with Crippen LogP contribution in [-0.2, 0) is 9.53 Å². The molecule has 0 radical (unpaired) electrons. The highest BCUT2D eigenvalue weighted by molar-refractivity contribution is 7.97. The molecule has 5 nitrogen and oxygen atoms in total. The molecule has 6 heteroatoms. The summed E-state index contributed by atoms with van der Waals surface area (Å²) in [5.41, 5.74) is 0. The van der Waals surface area contributed by atoms with Crippen molar-refractivity contribution in [3.05, 3.63) is 18.2 Å². The summed E-state index contributed by atoms with van der Waals surface area (Å²) < 4.78 is 17.7. The van der Waals surface area contributed by atoms with Gasteiger partial charge in [-0.25, -0.2) is 4.72 Å². The number of nitrogens with one attached hydrogen (secondary N) is 1. The largest absolute Gasteiger partial charge is 0.493 e.